The number of ether oxygens (including phenoxy) is 3. The Morgan fingerprint density at radius 1 is 1.00 bits per heavy atom. The molecule has 3 aromatic rings. The molecule has 3 rings (SSSR count). The summed E-state index contributed by atoms with van der Waals surface area (Å²) in [6, 6.07) is 12.9. The molecule has 0 aliphatic rings. The van der Waals surface area contributed by atoms with Crippen molar-refractivity contribution in [3.8, 4) is 11.5 Å². The van der Waals surface area contributed by atoms with Gasteiger partial charge in [0.15, 0.2) is 11.5 Å². The highest BCUT2D eigenvalue weighted by atomic mass is 16.5. The molecule has 152 valence electrons. The van der Waals surface area contributed by atoms with Gasteiger partial charge in [0.2, 0.25) is 0 Å². The number of anilines is 2. The van der Waals surface area contributed by atoms with Crippen LogP contribution in [-0.2, 0) is 4.74 Å². The summed E-state index contributed by atoms with van der Waals surface area (Å²) >= 11 is 0. The molecule has 1 aromatic heterocycles. The van der Waals surface area contributed by atoms with E-state index in [0.717, 1.165) is 22.3 Å². The van der Waals surface area contributed by atoms with E-state index < -0.39 is 0 Å². The number of aromatic nitrogens is 1. The summed E-state index contributed by atoms with van der Waals surface area (Å²) in [5.41, 5.74) is 3.06. The molecule has 0 unspecified atom stereocenters. The predicted octanol–water partition coefficient (Wildman–Crippen LogP) is 5.34. The van der Waals surface area contributed by atoms with Crippen LogP contribution in [0.3, 0.4) is 0 Å². The van der Waals surface area contributed by atoms with Gasteiger partial charge in [-0.05, 0) is 64.1 Å². The number of carbonyl (C=O) groups is 1. The molecule has 1 heterocycles. The maximum absolute atomic E-state index is 12.0. The van der Waals surface area contributed by atoms with Crippen molar-refractivity contribution in [2.24, 2.45) is 0 Å². The molecular formula is C23H26N2O4. The van der Waals surface area contributed by atoms with E-state index in [0.29, 0.717) is 30.3 Å². The molecule has 0 saturated heterocycles. The molecule has 6 heteroatoms. The number of benzene rings is 2. The van der Waals surface area contributed by atoms with Crippen LogP contribution in [0.4, 0.5) is 11.4 Å². The monoisotopic (exact) mass is 394 g/mol. The Balaban J connectivity index is 1.89. The van der Waals surface area contributed by atoms with Gasteiger partial charge in [-0.1, -0.05) is 0 Å². The van der Waals surface area contributed by atoms with Gasteiger partial charge in [-0.2, -0.15) is 0 Å². The SMILES string of the molecule is CCOc1cc2nccc(Nc3ccc(C(=O)OC(C)C)cc3)c2cc1OCC. The van der Waals surface area contributed by atoms with Crippen LogP contribution in [0.2, 0.25) is 0 Å². The Hall–Kier alpha value is -3.28. The Morgan fingerprint density at radius 2 is 1.66 bits per heavy atom. The molecule has 0 aliphatic carbocycles. The Labute approximate surface area is 170 Å². The minimum Gasteiger partial charge on any atom is -0.490 e. The third-order valence-electron chi connectivity index (χ3n) is 4.15. The maximum Gasteiger partial charge on any atom is 0.338 e. The van der Waals surface area contributed by atoms with Crippen molar-refractivity contribution < 1.29 is 19.0 Å². The third-order valence-corrected chi connectivity index (χ3v) is 4.15. The number of nitrogens with one attached hydrogen (secondary N) is 1. The fraction of sp³-hybridized carbons (Fsp3) is 0.304. The quantitative estimate of drug-likeness (QED) is 0.520. The minimum atomic E-state index is -0.328. The highest BCUT2D eigenvalue weighted by Crippen LogP contribution is 2.35. The lowest BCUT2D eigenvalue weighted by atomic mass is 10.1. The average molecular weight is 394 g/mol. The molecule has 0 saturated carbocycles. The zero-order valence-electron chi connectivity index (χ0n) is 17.2. The van der Waals surface area contributed by atoms with Gasteiger partial charge in [0.1, 0.15) is 0 Å². The maximum atomic E-state index is 12.0. The fourth-order valence-electron chi connectivity index (χ4n) is 2.93. The number of fused-ring (bicyclic) bond motifs is 1. The standard InChI is InChI=1S/C23H26N2O4/c1-5-27-21-13-18-19(11-12-24-20(18)14-22(21)28-6-2)25-17-9-7-16(8-10-17)23(26)29-15(3)4/h7-15H,5-6H2,1-4H3,(H,24,25). The Kier molecular flexibility index (Phi) is 6.54. The number of esters is 1. The van der Waals surface area contributed by atoms with Gasteiger partial charge in [0, 0.05) is 29.0 Å². The molecule has 0 bridgehead atoms. The Bertz CT molecular complexity index is 984. The van der Waals surface area contributed by atoms with Gasteiger partial charge in [-0.25, -0.2) is 4.79 Å². The van der Waals surface area contributed by atoms with Gasteiger partial charge in [-0.3, -0.25) is 4.98 Å². The first-order valence-corrected chi connectivity index (χ1v) is 9.78. The van der Waals surface area contributed by atoms with E-state index in [4.69, 9.17) is 14.2 Å². The molecule has 6 nitrogen and oxygen atoms in total. The second kappa shape index (κ2) is 9.28. The number of pyridine rings is 1. The van der Waals surface area contributed by atoms with Gasteiger partial charge < -0.3 is 19.5 Å². The van der Waals surface area contributed by atoms with Crippen LogP contribution in [0.25, 0.3) is 10.9 Å². The summed E-state index contributed by atoms with van der Waals surface area (Å²) in [4.78, 5) is 16.5. The number of hydrogen-bond acceptors (Lipinski definition) is 6. The van der Waals surface area contributed by atoms with Crippen LogP contribution in [-0.4, -0.2) is 30.3 Å². The van der Waals surface area contributed by atoms with Crippen molar-refractivity contribution in [3.05, 3.63) is 54.2 Å². The number of hydrogen-bond donors (Lipinski definition) is 1. The van der Waals surface area contributed by atoms with Crippen molar-refractivity contribution in [1.29, 1.82) is 0 Å². The number of rotatable bonds is 8. The van der Waals surface area contributed by atoms with E-state index in [9.17, 15) is 4.79 Å². The van der Waals surface area contributed by atoms with Crippen molar-refractivity contribution >= 4 is 28.2 Å². The lowest BCUT2D eigenvalue weighted by molar-refractivity contribution is 0.0378. The van der Waals surface area contributed by atoms with E-state index in [-0.39, 0.29) is 12.1 Å². The smallest absolute Gasteiger partial charge is 0.338 e. The van der Waals surface area contributed by atoms with E-state index in [1.807, 2.05) is 58.0 Å². The number of carbonyl (C=O) groups excluding carboxylic acids is 1. The first kappa shape index (κ1) is 20.5. The van der Waals surface area contributed by atoms with Crippen LogP contribution in [0.1, 0.15) is 38.1 Å². The van der Waals surface area contributed by atoms with Gasteiger partial charge in [0.25, 0.3) is 0 Å². The van der Waals surface area contributed by atoms with E-state index in [1.54, 1.807) is 18.3 Å². The molecule has 0 spiro atoms. The van der Waals surface area contributed by atoms with Crippen LogP contribution in [0.15, 0.2) is 48.7 Å². The van der Waals surface area contributed by atoms with Crippen molar-refractivity contribution in [2.75, 3.05) is 18.5 Å². The van der Waals surface area contributed by atoms with Crippen LogP contribution in [0.5, 0.6) is 11.5 Å². The van der Waals surface area contributed by atoms with E-state index >= 15 is 0 Å². The van der Waals surface area contributed by atoms with E-state index in [2.05, 4.69) is 10.3 Å². The molecule has 0 aliphatic heterocycles. The predicted molar refractivity (Wildman–Crippen MR) is 114 cm³/mol. The third kappa shape index (κ3) is 4.96. The summed E-state index contributed by atoms with van der Waals surface area (Å²) in [7, 11) is 0. The van der Waals surface area contributed by atoms with Crippen LogP contribution >= 0.6 is 0 Å². The molecule has 2 aromatic carbocycles. The topological polar surface area (TPSA) is 69.7 Å². The lowest BCUT2D eigenvalue weighted by Gasteiger charge is -2.15. The summed E-state index contributed by atoms with van der Waals surface area (Å²) < 4.78 is 16.7. The summed E-state index contributed by atoms with van der Waals surface area (Å²) in [5.74, 6) is 1.04. The highest BCUT2D eigenvalue weighted by Gasteiger charge is 2.12. The fourth-order valence-corrected chi connectivity index (χ4v) is 2.93. The zero-order valence-corrected chi connectivity index (χ0v) is 17.2. The molecule has 29 heavy (non-hydrogen) atoms. The van der Waals surface area contributed by atoms with Crippen molar-refractivity contribution in [1.82, 2.24) is 4.98 Å². The molecule has 0 amide bonds. The molecule has 0 fully saturated rings. The number of nitrogens with zero attached hydrogens (tertiary/aromatic N) is 1. The first-order valence-electron chi connectivity index (χ1n) is 9.78. The second-order valence-corrected chi connectivity index (χ2v) is 6.70. The highest BCUT2D eigenvalue weighted by molar-refractivity contribution is 5.95. The first-order chi connectivity index (χ1) is 14.0. The van der Waals surface area contributed by atoms with Gasteiger partial charge >= 0.3 is 5.97 Å². The molecule has 1 N–H and O–H groups in total. The second-order valence-electron chi connectivity index (χ2n) is 6.70. The minimum absolute atomic E-state index is 0.149. The normalized spacial score (nSPS) is 10.8. The summed E-state index contributed by atoms with van der Waals surface area (Å²) in [6.45, 7) is 8.63. The van der Waals surface area contributed by atoms with Crippen molar-refractivity contribution in [2.45, 2.75) is 33.8 Å². The largest absolute Gasteiger partial charge is 0.490 e. The van der Waals surface area contributed by atoms with Crippen molar-refractivity contribution in [3.63, 3.8) is 0 Å². The Morgan fingerprint density at radius 3 is 2.28 bits per heavy atom. The zero-order chi connectivity index (χ0) is 20.8. The lowest BCUT2D eigenvalue weighted by Crippen LogP contribution is -2.11. The van der Waals surface area contributed by atoms with Crippen LogP contribution < -0.4 is 14.8 Å². The van der Waals surface area contributed by atoms with E-state index in [1.165, 1.54) is 0 Å². The average Bonchev–Trinajstić information content (AvgIpc) is 2.69. The summed E-state index contributed by atoms with van der Waals surface area (Å²) in [5, 5.41) is 4.31. The molecule has 0 atom stereocenters. The molecule has 0 radical (unpaired) electrons. The van der Waals surface area contributed by atoms with Gasteiger partial charge in [-0.15, -0.1) is 0 Å². The summed E-state index contributed by atoms with van der Waals surface area (Å²) in [6.07, 6.45) is 1.60. The van der Waals surface area contributed by atoms with Gasteiger partial charge in [0.05, 0.1) is 30.4 Å². The molecular weight excluding hydrogens is 368 g/mol. The van der Waals surface area contributed by atoms with Crippen LogP contribution in [0, 0.1) is 0 Å².